The number of amides is 1. The first-order valence-electron chi connectivity index (χ1n) is 5.16. The Hall–Kier alpha value is -1.85. The average Bonchev–Trinajstić information content (AvgIpc) is 2.28. The van der Waals surface area contributed by atoms with Crippen LogP contribution < -0.4 is 11.1 Å². The molecule has 0 aliphatic heterocycles. The topological polar surface area (TPSA) is 92.4 Å². The van der Waals surface area contributed by atoms with Crippen LogP contribution in [0.5, 0.6) is 0 Å². The Bertz CT molecular complexity index is 488. The van der Waals surface area contributed by atoms with E-state index in [2.05, 4.69) is 11.9 Å². The van der Waals surface area contributed by atoms with Crippen molar-refractivity contribution in [2.45, 2.75) is 12.5 Å². The molecule has 0 aliphatic carbocycles. The van der Waals surface area contributed by atoms with Crippen LogP contribution in [-0.4, -0.2) is 23.0 Å². The van der Waals surface area contributed by atoms with Gasteiger partial charge >= 0.3 is 5.97 Å². The maximum Gasteiger partial charge on any atom is 0.337 e. The Morgan fingerprint density at radius 1 is 1.56 bits per heavy atom. The van der Waals surface area contributed by atoms with Gasteiger partial charge in [0, 0.05) is 5.02 Å². The van der Waals surface area contributed by atoms with Crippen LogP contribution in [0.4, 0.5) is 5.69 Å². The third kappa shape index (κ3) is 3.58. The van der Waals surface area contributed by atoms with E-state index in [-0.39, 0.29) is 11.3 Å². The Morgan fingerprint density at radius 3 is 2.78 bits per heavy atom. The van der Waals surface area contributed by atoms with E-state index >= 15 is 0 Å². The molecule has 0 heterocycles. The maximum absolute atomic E-state index is 11.7. The van der Waals surface area contributed by atoms with E-state index in [1.807, 2.05) is 0 Å². The highest BCUT2D eigenvalue weighted by Gasteiger charge is 2.16. The minimum Gasteiger partial charge on any atom is -0.478 e. The zero-order chi connectivity index (χ0) is 13.7. The quantitative estimate of drug-likeness (QED) is 0.711. The first-order chi connectivity index (χ1) is 8.45. The smallest absolute Gasteiger partial charge is 0.337 e. The Balaban J connectivity index is 2.95. The molecule has 1 unspecified atom stereocenters. The maximum atomic E-state index is 11.7. The van der Waals surface area contributed by atoms with Gasteiger partial charge in [-0.05, 0) is 24.6 Å². The number of carboxylic acids is 1. The summed E-state index contributed by atoms with van der Waals surface area (Å²) in [6.45, 7) is 3.47. The van der Waals surface area contributed by atoms with Crippen molar-refractivity contribution in [2.24, 2.45) is 5.73 Å². The molecule has 1 rings (SSSR count). The summed E-state index contributed by atoms with van der Waals surface area (Å²) in [6, 6.07) is 3.34. The third-order valence-electron chi connectivity index (χ3n) is 2.23. The molecule has 1 atom stereocenters. The van der Waals surface area contributed by atoms with Gasteiger partial charge in [0.05, 0.1) is 17.3 Å². The van der Waals surface area contributed by atoms with Crippen molar-refractivity contribution in [1.29, 1.82) is 0 Å². The van der Waals surface area contributed by atoms with Gasteiger partial charge in [-0.25, -0.2) is 4.79 Å². The monoisotopic (exact) mass is 268 g/mol. The standard InChI is InChI=1S/C12H13ClN2O3/c1-2-3-9(14)11(16)15-10-6-7(13)4-5-8(10)12(17)18/h2,4-6,9H,1,3,14H2,(H,15,16)(H,17,18). The zero-order valence-electron chi connectivity index (χ0n) is 9.52. The van der Waals surface area contributed by atoms with Crippen LogP contribution in [-0.2, 0) is 4.79 Å². The second-order valence-corrected chi connectivity index (χ2v) is 4.05. The molecule has 18 heavy (non-hydrogen) atoms. The molecule has 0 fully saturated rings. The van der Waals surface area contributed by atoms with Crippen molar-refractivity contribution >= 4 is 29.2 Å². The number of halogens is 1. The summed E-state index contributed by atoms with van der Waals surface area (Å²) in [6.07, 6.45) is 1.81. The summed E-state index contributed by atoms with van der Waals surface area (Å²) in [4.78, 5) is 22.6. The zero-order valence-corrected chi connectivity index (χ0v) is 10.3. The number of nitrogens with two attached hydrogens (primary N) is 1. The first-order valence-corrected chi connectivity index (χ1v) is 5.53. The number of carbonyl (C=O) groups excluding carboxylic acids is 1. The number of hydrogen-bond donors (Lipinski definition) is 3. The van der Waals surface area contributed by atoms with Crippen molar-refractivity contribution < 1.29 is 14.7 Å². The highest BCUT2D eigenvalue weighted by atomic mass is 35.5. The van der Waals surface area contributed by atoms with Gasteiger partial charge in [0.2, 0.25) is 5.91 Å². The molecular weight excluding hydrogens is 256 g/mol. The van der Waals surface area contributed by atoms with Crippen molar-refractivity contribution in [3.8, 4) is 0 Å². The number of benzene rings is 1. The fourth-order valence-electron chi connectivity index (χ4n) is 1.32. The third-order valence-corrected chi connectivity index (χ3v) is 2.46. The molecule has 96 valence electrons. The molecule has 6 heteroatoms. The second-order valence-electron chi connectivity index (χ2n) is 3.62. The number of nitrogens with one attached hydrogen (secondary N) is 1. The SMILES string of the molecule is C=CCC(N)C(=O)Nc1cc(Cl)ccc1C(=O)O. The molecule has 1 amide bonds. The van der Waals surface area contributed by atoms with E-state index in [4.69, 9.17) is 22.4 Å². The number of anilines is 1. The van der Waals surface area contributed by atoms with E-state index in [0.29, 0.717) is 11.4 Å². The van der Waals surface area contributed by atoms with Gasteiger partial charge in [-0.1, -0.05) is 17.7 Å². The Kier molecular flexibility index (Phi) is 4.88. The van der Waals surface area contributed by atoms with Gasteiger partial charge in [-0.2, -0.15) is 0 Å². The summed E-state index contributed by atoms with van der Waals surface area (Å²) in [5.74, 6) is -1.64. The highest BCUT2D eigenvalue weighted by molar-refractivity contribution is 6.31. The molecule has 0 saturated heterocycles. The summed E-state index contributed by atoms with van der Waals surface area (Å²) in [7, 11) is 0. The van der Waals surface area contributed by atoms with Gasteiger partial charge in [0.1, 0.15) is 0 Å². The van der Waals surface area contributed by atoms with Crippen LogP contribution in [0.25, 0.3) is 0 Å². The first kappa shape index (κ1) is 14.2. The largest absolute Gasteiger partial charge is 0.478 e. The molecule has 1 aromatic rings. The summed E-state index contributed by atoms with van der Waals surface area (Å²) < 4.78 is 0. The predicted octanol–water partition coefficient (Wildman–Crippen LogP) is 1.88. The minimum absolute atomic E-state index is 0.0430. The molecular formula is C12H13ClN2O3. The van der Waals surface area contributed by atoms with Gasteiger partial charge in [0.25, 0.3) is 0 Å². The normalized spacial score (nSPS) is 11.7. The fraction of sp³-hybridized carbons (Fsp3) is 0.167. The molecule has 0 saturated carbocycles. The summed E-state index contributed by atoms with van der Waals surface area (Å²) in [5.41, 5.74) is 5.66. The molecule has 0 aliphatic rings. The van der Waals surface area contributed by atoms with Gasteiger partial charge in [-0.3, -0.25) is 4.79 Å². The van der Waals surface area contributed by atoms with E-state index in [1.54, 1.807) is 0 Å². The average molecular weight is 269 g/mol. The minimum atomic E-state index is -1.15. The molecule has 0 radical (unpaired) electrons. The predicted molar refractivity (Wildman–Crippen MR) is 69.8 cm³/mol. The summed E-state index contributed by atoms with van der Waals surface area (Å²) >= 11 is 5.75. The van der Waals surface area contributed by atoms with E-state index < -0.39 is 17.9 Å². The van der Waals surface area contributed by atoms with Crippen LogP contribution in [0.15, 0.2) is 30.9 Å². The molecule has 0 bridgehead atoms. The van der Waals surface area contributed by atoms with Crippen molar-refractivity contribution in [3.63, 3.8) is 0 Å². The molecule has 5 nitrogen and oxygen atoms in total. The fourth-order valence-corrected chi connectivity index (χ4v) is 1.49. The lowest BCUT2D eigenvalue weighted by Gasteiger charge is -2.12. The van der Waals surface area contributed by atoms with E-state index in [0.717, 1.165) is 0 Å². The highest BCUT2D eigenvalue weighted by Crippen LogP contribution is 2.21. The molecule has 1 aromatic carbocycles. The van der Waals surface area contributed by atoms with Crippen LogP contribution >= 0.6 is 11.6 Å². The van der Waals surface area contributed by atoms with E-state index in [1.165, 1.54) is 24.3 Å². The Morgan fingerprint density at radius 2 is 2.22 bits per heavy atom. The lowest BCUT2D eigenvalue weighted by atomic mass is 10.1. The molecule has 0 spiro atoms. The number of carbonyl (C=O) groups is 2. The number of rotatable bonds is 5. The number of aromatic carboxylic acids is 1. The van der Waals surface area contributed by atoms with Crippen LogP contribution in [0, 0.1) is 0 Å². The van der Waals surface area contributed by atoms with Gasteiger partial charge < -0.3 is 16.2 Å². The lowest BCUT2D eigenvalue weighted by molar-refractivity contribution is -0.117. The second kappa shape index (κ2) is 6.18. The van der Waals surface area contributed by atoms with E-state index in [9.17, 15) is 9.59 Å². The van der Waals surface area contributed by atoms with Crippen molar-refractivity contribution in [3.05, 3.63) is 41.4 Å². The van der Waals surface area contributed by atoms with Crippen molar-refractivity contribution in [2.75, 3.05) is 5.32 Å². The molecule has 4 N–H and O–H groups in total. The van der Waals surface area contributed by atoms with Crippen LogP contribution in [0.1, 0.15) is 16.8 Å². The van der Waals surface area contributed by atoms with Crippen LogP contribution in [0.3, 0.4) is 0 Å². The Labute approximate surface area is 109 Å². The van der Waals surface area contributed by atoms with Gasteiger partial charge in [-0.15, -0.1) is 6.58 Å². The number of carboxylic acid groups (broad SMARTS) is 1. The van der Waals surface area contributed by atoms with Gasteiger partial charge in [0.15, 0.2) is 0 Å². The molecule has 0 aromatic heterocycles. The van der Waals surface area contributed by atoms with Crippen molar-refractivity contribution in [1.82, 2.24) is 0 Å². The summed E-state index contributed by atoms with van der Waals surface area (Å²) in [5, 5.41) is 11.7. The lowest BCUT2D eigenvalue weighted by Crippen LogP contribution is -2.35. The van der Waals surface area contributed by atoms with Crippen LogP contribution in [0.2, 0.25) is 5.02 Å². The number of hydrogen-bond acceptors (Lipinski definition) is 3.